The van der Waals surface area contributed by atoms with Gasteiger partial charge in [0.15, 0.2) is 0 Å². The Morgan fingerprint density at radius 2 is 2.00 bits per heavy atom. The maximum Gasteiger partial charge on any atom is 0.115 e. The van der Waals surface area contributed by atoms with Crippen LogP contribution in [-0.4, -0.2) is 23.3 Å². The van der Waals surface area contributed by atoms with E-state index in [0.29, 0.717) is 5.75 Å². The number of nitrogens with zero attached hydrogens (tertiary/aromatic N) is 1. The van der Waals surface area contributed by atoms with E-state index in [0.717, 1.165) is 32.4 Å². The average molecular weight is 369 g/mol. The van der Waals surface area contributed by atoms with E-state index in [9.17, 15) is 5.11 Å². The van der Waals surface area contributed by atoms with Crippen molar-refractivity contribution >= 4 is 27.1 Å². The Hall–Kier alpha value is -2.04. The van der Waals surface area contributed by atoms with E-state index in [4.69, 9.17) is 0 Å². The van der Waals surface area contributed by atoms with Gasteiger partial charge in [0.05, 0.1) is 0 Å². The smallest absolute Gasteiger partial charge is 0.115 e. The number of hydrogen-bond acceptors (Lipinski definition) is 3. The third kappa shape index (κ3) is 4.02. The molecule has 26 heavy (non-hydrogen) atoms. The van der Waals surface area contributed by atoms with Gasteiger partial charge in [0, 0.05) is 22.5 Å². The summed E-state index contributed by atoms with van der Waals surface area (Å²) >= 11 is 1.87. The molecular weight excluding hydrogens is 340 g/mol. The van der Waals surface area contributed by atoms with Crippen LogP contribution < -0.4 is 5.32 Å². The first-order valence-electron chi connectivity index (χ1n) is 9.38. The Morgan fingerprint density at radius 3 is 2.69 bits per heavy atom. The molecule has 0 fully saturated rings. The van der Waals surface area contributed by atoms with Crippen molar-refractivity contribution in [3.05, 3.63) is 58.6 Å². The number of allylic oxidation sites excluding steroid dienone is 1. The molecule has 1 aromatic carbocycles. The first kappa shape index (κ1) is 18.7. The number of aromatic nitrogens is 1. The Labute approximate surface area is 160 Å². The molecule has 0 aliphatic heterocycles. The van der Waals surface area contributed by atoms with Crippen molar-refractivity contribution < 1.29 is 5.11 Å². The lowest BCUT2D eigenvalue weighted by molar-refractivity contribution is 0.475. The third-order valence-corrected chi connectivity index (χ3v) is 5.87. The predicted molar refractivity (Wildman–Crippen MR) is 113 cm³/mol. The predicted octanol–water partition coefficient (Wildman–Crippen LogP) is 5.56. The summed E-state index contributed by atoms with van der Waals surface area (Å²) in [7, 11) is 2.00. The number of phenols is 1. The van der Waals surface area contributed by atoms with Gasteiger partial charge in [-0.2, -0.15) is 0 Å². The molecule has 2 N–H and O–H groups in total. The minimum Gasteiger partial charge on any atom is -0.508 e. The number of nitrogens with one attached hydrogen (secondary N) is 1. The molecule has 3 aromatic rings. The number of aryl methyl sites for hydroxylation is 2. The number of phenolic OH excluding ortho intramolecular Hbond substituents is 1. The number of hydrogen-bond donors (Lipinski definition) is 2. The van der Waals surface area contributed by atoms with Crippen LogP contribution in [-0.2, 0) is 6.54 Å². The highest BCUT2D eigenvalue weighted by molar-refractivity contribution is 7.19. The summed E-state index contributed by atoms with van der Waals surface area (Å²) in [5.74, 6) is 0.312. The summed E-state index contributed by atoms with van der Waals surface area (Å²) in [4.78, 5) is 2.66. The number of rotatable bonds is 8. The topological polar surface area (TPSA) is 37.2 Å². The van der Waals surface area contributed by atoms with Crippen molar-refractivity contribution in [2.75, 3.05) is 13.6 Å². The number of benzene rings is 1. The highest BCUT2D eigenvalue weighted by Gasteiger charge is 2.14. The van der Waals surface area contributed by atoms with E-state index < -0.39 is 0 Å². The van der Waals surface area contributed by atoms with E-state index in [1.54, 1.807) is 12.1 Å². The Bertz CT molecular complexity index is 887. The van der Waals surface area contributed by atoms with Crippen LogP contribution in [0.15, 0.2) is 42.5 Å². The van der Waals surface area contributed by atoms with Gasteiger partial charge in [-0.15, -0.1) is 11.3 Å². The van der Waals surface area contributed by atoms with Crippen LogP contribution in [0.25, 0.3) is 15.8 Å². The molecule has 138 valence electrons. The summed E-state index contributed by atoms with van der Waals surface area (Å²) in [6.45, 7) is 6.48. The van der Waals surface area contributed by atoms with Crippen LogP contribution in [0.5, 0.6) is 5.75 Å². The van der Waals surface area contributed by atoms with E-state index in [1.165, 1.54) is 31.9 Å². The molecule has 0 radical (unpaired) electrons. The van der Waals surface area contributed by atoms with Crippen molar-refractivity contribution in [3.63, 3.8) is 0 Å². The molecule has 4 heteroatoms. The zero-order valence-electron chi connectivity index (χ0n) is 15.9. The molecule has 0 atom stereocenters. The standard InChI is InChI=1S/C22H28N2OS/c1-4-5-7-20(17-8-10-19(25)11-9-17)21-15-18-14-16(2)24(22(18)26-21)13-6-12-23-3/h7-11,14-15,23,25H,4-6,12-13H2,1-3H3/b20-7-. The molecular formula is C22H28N2OS. The zero-order chi connectivity index (χ0) is 18.5. The number of unbranched alkanes of at least 4 members (excludes halogenated alkanes) is 1. The molecule has 0 spiro atoms. The summed E-state index contributed by atoms with van der Waals surface area (Å²) in [5, 5.41) is 14.2. The summed E-state index contributed by atoms with van der Waals surface area (Å²) in [6.07, 6.45) is 5.64. The SMILES string of the molecule is CCC/C=C(/c1ccc(O)cc1)c1cc2cc(C)n(CCCNC)c2s1. The second kappa shape index (κ2) is 8.56. The zero-order valence-corrected chi connectivity index (χ0v) is 16.7. The highest BCUT2D eigenvalue weighted by Crippen LogP contribution is 2.36. The van der Waals surface area contributed by atoms with Gasteiger partial charge in [0.1, 0.15) is 10.6 Å². The number of thiophene rings is 1. The van der Waals surface area contributed by atoms with Crippen molar-refractivity contribution in [1.29, 1.82) is 0 Å². The monoisotopic (exact) mass is 368 g/mol. The molecule has 0 aliphatic carbocycles. The fraction of sp³-hybridized carbons (Fsp3) is 0.364. The van der Waals surface area contributed by atoms with Gasteiger partial charge < -0.3 is 15.0 Å². The van der Waals surface area contributed by atoms with E-state index in [1.807, 2.05) is 30.5 Å². The molecule has 3 rings (SSSR count). The van der Waals surface area contributed by atoms with E-state index in [2.05, 4.69) is 41.9 Å². The highest BCUT2D eigenvalue weighted by atomic mass is 32.1. The second-order valence-corrected chi connectivity index (χ2v) is 7.75. The second-order valence-electron chi connectivity index (χ2n) is 6.72. The molecule has 3 nitrogen and oxygen atoms in total. The Morgan fingerprint density at radius 1 is 1.23 bits per heavy atom. The lowest BCUT2D eigenvalue weighted by Gasteiger charge is -2.08. The Balaban J connectivity index is 1.99. The lowest BCUT2D eigenvalue weighted by Crippen LogP contribution is -2.11. The maximum atomic E-state index is 9.61. The largest absolute Gasteiger partial charge is 0.508 e. The molecule has 0 amide bonds. The summed E-state index contributed by atoms with van der Waals surface area (Å²) in [6, 6.07) is 12.2. The van der Waals surface area contributed by atoms with Gasteiger partial charge in [0.2, 0.25) is 0 Å². The van der Waals surface area contributed by atoms with Crippen molar-refractivity contribution in [3.8, 4) is 5.75 Å². The van der Waals surface area contributed by atoms with Gasteiger partial charge in [-0.1, -0.05) is 31.6 Å². The van der Waals surface area contributed by atoms with Crippen LogP contribution in [0.1, 0.15) is 42.3 Å². The maximum absolute atomic E-state index is 9.61. The first-order chi connectivity index (χ1) is 12.6. The molecule has 2 heterocycles. The summed E-state index contributed by atoms with van der Waals surface area (Å²) < 4.78 is 2.44. The Kier molecular flexibility index (Phi) is 6.17. The minimum absolute atomic E-state index is 0.312. The van der Waals surface area contributed by atoms with Crippen LogP contribution in [0, 0.1) is 6.92 Å². The normalized spacial score (nSPS) is 12.2. The lowest BCUT2D eigenvalue weighted by atomic mass is 10.0. The van der Waals surface area contributed by atoms with Crippen molar-refractivity contribution in [2.24, 2.45) is 0 Å². The molecule has 0 saturated heterocycles. The number of aromatic hydroxyl groups is 1. The molecule has 0 aliphatic rings. The van der Waals surface area contributed by atoms with Crippen molar-refractivity contribution in [2.45, 2.75) is 39.7 Å². The molecule has 2 aromatic heterocycles. The van der Waals surface area contributed by atoms with Gasteiger partial charge in [-0.05, 0) is 68.8 Å². The average Bonchev–Trinajstić information content (AvgIpc) is 3.15. The fourth-order valence-corrected chi connectivity index (χ4v) is 4.57. The quantitative estimate of drug-likeness (QED) is 0.511. The molecule has 0 unspecified atom stereocenters. The first-order valence-corrected chi connectivity index (χ1v) is 10.2. The van der Waals surface area contributed by atoms with Gasteiger partial charge in [0.25, 0.3) is 0 Å². The van der Waals surface area contributed by atoms with E-state index >= 15 is 0 Å². The van der Waals surface area contributed by atoms with Crippen molar-refractivity contribution in [1.82, 2.24) is 9.88 Å². The van der Waals surface area contributed by atoms with E-state index in [-0.39, 0.29) is 0 Å². The van der Waals surface area contributed by atoms with Gasteiger partial charge in [-0.25, -0.2) is 0 Å². The summed E-state index contributed by atoms with van der Waals surface area (Å²) in [5.41, 5.74) is 3.77. The third-order valence-electron chi connectivity index (χ3n) is 4.66. The molecule has 0 saturated carbocycles. The molecule has 0 bridgehead atoms. The number of fused-ring (bicyclic) bond motifs is 1. The van der Waals surface area contributed by atoms with Crippen LogP contribution in [0.3, 0.4) is 0 Å². The van der Waals surface area contributed by atoms with Crippen LogP contribution >= 0.6 is 11.3 Å². The van der Waals surface area contributed by atoms with Gasteiger partial charge >= 0.3 is 0 Å². The van der Waals surface area contributed by atoms with Gasteiger partial charge in [-0.3, -0.25) is 0 Å². The minimum atomic E-state index is 0.312. The fourth-order valence-electron chi connectivity index (χ4n) is 3.29. The van der Waals surface area contributed by atoms with Crippen LogP contribution in [0.2, 0.25) is 0 Å². The van der Waals surface area contributed by atoms with Crippen LogP contribution in [0.4, 0.5) is 0 Å².